The van der Waals surface area contributed by atoms with Gasteiger partial charge in [-0.25, -0.2) is 8.42 Å². The average molecular weight is 621 g/mol. The Labute approximate surface area is 252 Å². The fourth-order valence-corrected chi connectivity index (χ4v) is 6.09. The van der Waals surface area contributed by atoms with Crippen molar-refractivity contribution in [2.45, 2.75) is 51.1 Å². The highest BCUT2D eigenvalue weighted by Crippen LogP contribution is 2.34. The highest BCUT2D eigenvalue weighted by molar-refractivity contribution is 7.92. The first kappa shape index (κ1) is 32.2. The van der Waals surface area contributed by atoms with Crippen molar-refractivity contribution >= 4 is 50.7 Å². The van der Waals surface area contributed by atoms with E-state index in [-0.39, 0.29) is 28.8 Å². The summed E-state index contributed by atoms with van der Waals surface area (Å²) in [7, 11) is -2.79. The third-order valence-electron chi connectivity index (χ3n) is 6.57. The molecule has 3 rings (SSSR count). The highest BCUT2D eigenvalue weighted by Gasteiger charge is 2.34. The van der Waals surface area contributed by atoms with Crippen LogP contribution in [0, 0.1) is 6.92 Å². The number of anilines is 1. The predicted octanol–water partition coefficient (Wildman–Crippen LogP) is 5.84. The van der Waals surface area contributed by atoms with Gasteiger partial charge in [0.05, 0.1) is 17.7 Å². The van der Waals surface area contributed by atoms with Crippen LogP contribution in [-0.2, 0) is 26.2 Å². The van der Waals surface area contributed by atoms with E-state index in [1.165, 1.54) is 24.1 Å². The molecule has 0 aliphatic heterocycles. The fraction of sp³-hybridized carbons (Fsp3) is 0.333. The molecule has 0 bridgehead atoms. The smallest absolute Gasteiger partial charge is 0.264 e. The second-order valence-corrected chi connectivity index (χ2v) is 12.3. The Morgan fingerprint density at radius 3 is 2.37 bits per heavy atom. The Hall–Kier alpha value is -3.27. The van der Waals surface area contributed by atoms with Gasteiger partial charge in [-0.05, 0) is 67.8 Å². The Morgan fingerprint density at radius 1 is 1.02 bits per heavy atom. The number of nitrogens with one attached hydrogen (secondary N) is 1. The van der Waals surface area contributed by atoms with Crippen LogP contribution in [0.4, 0.5) is 5.69 Å². The molecule has 3 aromatic rings. The first-order chi connectivity index (χ1) is 19.5. The zero-order valence-corrected chi connectivity index (χ0v) is 25.9. The van der Waals surface area contributed by atoms with Gasteiger partial charge in [0, 0.05) is 23.1 Å². The third-order valence-corrected chi connectivity index (χ3v) is 8.93. The Bertz CT molecular complexity index is 1470. The number of halogens is 2. The lowest BCUT2D eigenvalue weighted by molar-refractivity contribution is -0.139. The largest absolute Gasteiger partial charge is 0.495 e. The molecule has 11 heteroatoms. The normalized spacial score (nSPS) is 12.0. The summed E-state index contributed by atoms with van der Waals surface area (Å²) >= 11 is 12.5. The number of rotatable bonds is 13. The van der Waals surface area contributed by atoms with Crippen molar-refractivity contribution in [2.24, 2.45) is 0 Å². The molecule has 220 valence electrons. The number of carbonyl (C=O) groups is 2. The number of benzene rings is 3. The van der Waals surface area contributed by atoms with Gasteiger partial charge >= 0.3 is 0 Å². The topological polar surface area (TPSA) is 96.0 Å². The molecule has 41 heavy (non-hydrogen) atoms. The molecule has 0 saturated heterocycles. The van der Waals surface area contributed by atoms with E-state index in [9.17, 15) is 18.0 Å². The molecule has 0 heterocycles. The van der Waals surface area contributed by atoms with E-state index in [0.717, 1.165) is 22.7 Å². The van der Waals surface area contributed by atoms with Gasteiger partial charge in [-0.3, -0.25) is 13.9 Å². The van der Waals surface area contributed by atoms with Gasteiger partial charge in [0.1, 0.15) is 18.3 Å². The third kappa shape index (κ3) is 8.15. The summed E-state index contributed by atoms with van der Waals surface area (Å²) in [6, 6.07) is 16.9. The molecular formula is C30H35Cl2N3O5S. The molecule has 0 aromatic heterocycles. The number of methoxy groups -OCH3 is 1. The number of unbranched alkanes of at least 4 members (excludes halogenated alkanes) is 1. The van der Waals surface area contributed by atoms with Crippen LogP contribution >= 0.6 is 23.2 Å². The summed E-state index contributed by atoms with van der Waals surface area (Å²) in [6.07, 6.45) is 1.67. The Kier molecular flexibility index (Phi) is 11.5. The molecule has 0 aliphatic carbocycles. The summed E-state index contributed by atoms with van der Waals surface area (Å²) in [4.78, 5) is 28.5. The molecule has 0 saturated carbocycles. The monoisotopic (exact) mass is 619 g/mol. The van der Waals surface area contributed by atoms with Crippen molar-refractivity contribution in [2.75, 3.05) is 24.5 Å². The lowest BCUT2D eigenvalue weighted by atomic mass is 10.1. The highest BCUT2D eigenvalue weighted by atomic mass is 35.5. The van der Waals surface area contributed by atoms with Crippen LogP contribution in [-0.4, -0.2) is 51.4 Å². The van der Waals surface area contributed by atoms with E-state index in [2.05, 4.69) is 5.32 Å². The van der Waals surface area contributed by atoms with Crippen molar-refractivity contribution in [1.82, 2.24) is 10.2 Å². The molecule has 0 fully saturated rings. The van der Waals surface area contributed by atoms with E-state index in [1.54, 1.807) is 61.5 Å². The Morgan fingerprint density at radius 2 is 1.73 bits per heavy atom. The molecule has 2 amide bonds. The van der Waals surface area contributed by atoms with Gasteiger partial charge < -0.3 is 15.0 Å². The maximum absolute atomic E-state index is 14.1. The lowest BCUT2D eigenvalue weighted by Gasteiger charge is -2.32. The zero-order valence-electron chi connectivity index (χ0n) is 23.6. The van der Waals surface area contributed by atoms with Gasteiger partial charge in [0.2, 0.25) is 11.8 Å². The summed E-state index contributed by atoms with van der Waals surface area (Å²) < 4.78 is 34.5. The zero-order chi connectivity index (χ0) is 30.2. The van der Waals surface area contributed by atoms with Crippen molar-refractivity contribution in [3.63, 3.8) is 0 Å². The number of sulfonamides is 1. The molecule has 0 aliphatic rings. The number of hydrogen-bond donors (Lipinski definition) is 1. The summed E-state index contributed by atoms with van der Waals surface area (Å²) in [5, 5.41) is 3.60. The lowest BCUT2D eigenvalue weighted by Crippen LogP contribution is -2.51. The standard InChI is InChI=1S/C30H35Cl2N3O5S/c1-5-6-16-33-30(37)22(3)34(19-23-13-14-24(31)18-26(23)32)29(36)20-35(27-17-21(2)12-15-28(27)40-4)41(38,39)25-10-8-7-9-11-25/h7-15,17-18,22H,5-6,16,19-20H2,1-4H3,(H,33,37). The van der Waals surface area contributed by atoms with Crippen LogP contribution < -0.4 is 14.4 Å². The van der Waals surface area contributed by atoms with Crippen molar-refractivity contribution in [1.29, 1.82) is 0 Å². The number of aryl methyl sites for hydroxylation is 1. The molecule has 1 N–H and O–H groups in total. The SMILES string of the molecule is CCCCNC(=O)C(C)N(Cc1ccc(Cl)cc1Cl)C(=O)CN(c1cc(C)ccc1OC)S(=O)(=O)c1ccccc1. The molecular weight excluding hydrogens is 585 g/mol. The molecule has 0 spiro atoms. The molecule has 1 unspecified atom stereocenters. The predicted molar refractivity (Wildman–Crippen MR) is 163 cm³/mol. The molecule has 3 aromatic carbocycles. The second-order valence-electron chi connectivity index (χ2n) is 9.58. The van der Waals surface area contributed by atoms with Crippen molar-refractivity contribution < 1.29 is 22.7 Å². The minimum absolute atomic E-state index is 0.00834. The van der Waals surface area contributed by atoms with Gasteiger partial charge in [0.15, 0.2) is 0 Å². The fourth-order valence-electron chi connectivity index (χ4n) is 4.18. The molecule has 8 nitrogen and oxygen atoms in total. The second kappa shape index (κ2) is 14.6. The average Bonchev–Trinajstić information content (AvgIpc) is 2.95. The first-order valence-electron chi connectivity index (χ1n) is 13.2. The summed E-state index contributed by atoms with van der Waals surface area (Å²) in [6.45, 7) is 5.26. The van der Waals surface area contributed by atoms with E-state index >= 15 is 0 Å². The number of nitrogens with zero attached hydrogens (tertiary/aromatic N) is 2. The summed E-state index contributed by atoms with van der Waals surface area (Å²) in [5.41, 5.74) is 1.53. The van der Waals surface area contributed by atoms with Crippen LogP contribution in [0.3, 0.4) is 0 Å². The van der Waals surface area contributed by atoms with Crippen LogP contribution in [0.15, 0.2) is 71.6 Å². The maximum Gasteiger partial charge on any atom is 0.264 e. The summed E-state index contributed by atoms with van der Waals surface area (Å²) in [5.74, 6) is -0.680. The van der Waals surface area contributed by atoms with E-state index in [4.69, 9.17) is 27.9 Å². The quantitative estimate of drug-likeness (QED) is 0.243. The van der Waals surface area contributed by atoms with Crippen LogP contribution in [0.25, 0.3) is 0 Å². The number of hydrogen-bond acceptors (Lipinski definition) is 5. The van der Waals surface area contributed by atoms with Gasteiger partial charge in [-0.15, -0.1) is 0 Å². The molecule has 1 atom stereocenters. The van der Waals surface area contributed by atoms with E-state index < -0.39 is 28.5 Å². The van der Waals surface area contributed by atoms with E-state index in [0.29, 0.717) is 22.2 Å². The van der Waals surface area contributed by atoms with Crippen LogP contribution in [0.2, 0.25) is 10.0 Å². The number of ether oxygens (including phenoxy) is 1. The first-order valence-corrected chi connectivity index (χ1v) is 15.4. The Balaban J connectivity index is 2.08. The van der Waals surface area contributed by atoms with Crippen LogP contribution in [0.5, 0.6) is 5.75 Å². The van der Waals surface area contributed by atoms with Crippen molar-refractivity contribution in [3.8, 4) is 5.75 Å². The van der Waals surface area contributed by atoms with Crippen LogP contribution in [0.1, 0.15) is 37.8 Å². The maximum atomic E-state index is 14.1. The number of amides is 2. The molecule has 0 radical (unpaired) electrons. The minimum Gasteiger partial charge on any atom is -0.495 e. The van der Waals surface area contributed by atoms with Gasteiger partial charge in [0.25, 0.3) is 10.0 Å². The van der Waals surface area contributed by atoms with E-state index in [1.807, 2.05) is 13.8 Å². The number of carbonyl (C=O) groups excluding carboxylic acids is 2. The van der Waals surface area contributed by atoms with Gasteiger partial charge in [-0.2, -0.15) is 0 Å². The minimum atomic E-state index is -4.22. The van der Waals surface area contributed by atoms with Crippen molar-refractivity contribution in [3.05, 3.63) is 87.9 Å². The van der Waals surface area contributed by atoms with Gasteiger partial charge in [-0.1, -0.05) is 66.9 Å².